The summed E-state index contributed by atoms with van der Waals surface area (Å²) in [5.41, 5.74) is 1.91. The Morgan fingerprint density at radius 1 is 0.938 bits per heavy atom. The van der Waals surface area contributed by atoms with Crippen LogP contribution in [0.3, 0.4) is 0 Å². The van der Waals surface area contributed by atoms with Gasteiger partial charge in [0.15, 0.2) is 0 Å². The van der Waals surface area contributed by atoms with Crippen LogP contribution in [-0.4, -0.2) is 63.3 Å². The van der Waals surface area contributed by atoms with Gasteiger partial charge in [0.2, 0.25) is 5.69 Å². The monoisotopic (exact) mass is 433 g/mol. The lowest BCUT2D eigenvalue weighted by Crippen LogP contribution is -2.51. The van der Waals surface area contributed by atoms with Crippen molar-refractivity contribution >= 4 is 5.91 Å². The third kappa shape index (κ3) is 4.27. The summed E-state index contributed by atoms with van der Waals surface area (Å²) in [5.74, 6) is -0.442. The fourth-order valence-electron chi connectivity index (χ4n) is 3.74. The molecule has 1 aliphatic heterocycles. The Kier molecular flexibility index (Phi) is 6.05. The molecule has 166 valence electrons. The van der Waals surface area contributed by atoms with Crippen LogP contribution < -0.4 is 11.2 Å². The van der Waals surface area contributed by atoms with E-state index in [1.807, 2.05) is 63.4 Å². The Bertz CT molecular complexity index is 1250. The van der Waals surface area contributed by atoms with Crippen molar-refractivity contribution < 1.29 is 4.79 Å². The Morgan fingerprint density at radius 2 is 1.62 bits per heavy atom. The predicted octanol–water partition coefficient (Wildman–Crippen LogP) is 1.45. The maximum Gasteiger partial charge on any atom is 0.352 e. The van der Waals surface area contributed by atoms with Crippen LogP contribution in [0.15, 0.2) is 58.1 Å². The van der Waals surface area contributed by atoms with Crippen molar-refractivity contribution in [2.24, 2.45) is 0 Å². The summed E-state index contributed by atoms with van der Waals surface area (Å²) in [7, 11) is 1.99. The molecule has 32 heavy (non-hydrogen) atoms. The van der Waals surface area contributed by atoms with Crippen LogP contribution in [0.2, 0.25) is 0 Å². The SMILES string of the molecule is Cc1ccc(-n2nc(C(=O)N3CCN(C)CC3)c(=O)n(Cc3ccccc3)c2=O)cc1C. The minimum Gasteiger partial charge on any atom is -0.335 e. The number of hydrogen-bond acceptors (Lipinski definition) is 5. The topological polar surface area (TPSA) is 80.4 Å². The molecular weight excluding hydrogens is 406 g/mol. The van der Waals surface area contributed by atoms with E-state index in [9.17, 15) is 14.4 Å². The Balaban J connectivity index is 1.86. The van der Waals surface area contributed by atoms with Crippen molar-refractivity contribution in [1.29, 1.82) is 0 Å². The van der Waals surface area contributed by atoms with Crippen LogP contribution in [0.5, 0.6) is 0 Å². The van der Waals surface area contributed by atoms with Gasteiger partial charge in [-0.1, -0.05) is 36.4 Å². The molecule has 0 spiro atoms. The zero-order chi connectivity index (χ0) is 22.8. The van der Waals surface area contributed by atoms with Gasteiger partial charge in [-0.05, 0) is 49.7 Å². The second kappa shape index (κ2) is 8.92. The third-order valence-electron chi connectivity index (χ3n) is 5.97. The molecule has 2 heterocycles. The van der Waals surface area contributed by atoms with Gasteiger partial charge < -0.3 is 9.80 Å². The van der Waals surface area contributed by atoms with E-state index in [1.165, 1.54) is 4.68 Å². The molecule has 8 heteroatoms. The van der Waals surface area contributed by atoms with Gasteiger partial charge in [0.1, 0.15) is 0 Å². The fourth-order valence-corrected chi connectivity index (χ4v) is 3.74. The number of piperazine rings is 1. The highest BCUT2D eigenvalue weighted by Crippen LogP contribution is 2.12. The van der Waals surface area contributed by atoms with Crippen molar-refractivity contribution in [3.63, 3.8) is 0 Å². The maximum absolute atomic E-state index is 13.3. The molecule has 0 aliphatic carbocycles. The quantitative estimate of drug-likeness (QED) is 0.622. The van der Waals surface area contributed by atoms with E-state index in [4.69, 9.17) is 0 Å². The molecule has 1 fully saturated rings. The van der Waals surface area contributed by atoms with Crippen molar-refractivity contribution in [2.45, 2.75) is 20.4 Å². The second-order valence-electron chi connectivity index (χ2n) is 8.28. The first-order chi connectivity index (χ1) is 15.3. The molecule has 1 aliphatic rings. The van der Waals surface area contributed by atoms with E-state index in [0.717, 1.165) is 34.3 Å². The van der Waals surface area contributed by atoms with Crippen LogP contribution >= 0.6 is 0 Å². The molecule has 1 saturated heterocycles. The third-order valence-corrected chi connectivity index (χ3v) is 5.97. The molecule has 0 radical (unpaired) electrons. The lowest BCUT2D eigenvalue weighted by molar-refractivity contribution is 0.0652. The van der Waals surface area contributed by atoms with Gasteiger partial charge >= 0.3 is 5.69 Å². The van der Waals surface area contributed by atoms with Gasteiger partial charge in [0, 0.05) is 26.2 Å². The lowest BCUT2D eigenvalue weighted by Gasteiger charge is -2.32. The molecule has 3 aromatic rings. The Hall–Kier alpha value is -3.52. The number of hydrogen-bond donors (Lipinski definition) is 0. The molecule has 1 aromatic heterocycles. The molecular formula is C24H27N5O3. The predicted molar refractivity (Wildman–Crippen MR) is 123 cm³/mol. The first-order valence-corrected chi connectivity index (χ1v) is 10.7. The maximum atomic E-state index is 13.3. The summed E-state index contributed by atoms with van der Waals surface area (Å²) in [6.45, 7) is 6.46. The van der Waals surface area contributed by atoms with Crippen LogP contribution in [0.4, 0.5) is 0 Å². The fraction of sp³-hybridized carbons (Fsp3) is 0.333. The standard InChI is InChI=1S/C24H27N5O3/c1-17-9-10-20(15-18(17)2)29-24(32)28(16-19-7-5-4-6-8-19)23(31)21(25-29)22(30)27-13-11-26(3)12-14-27/h4-10,15H,11-14,16H2,1-3H3. The van der Waals surface area contributed by atoms with E-state index >= 15 is 0 Å². The van der Waals surface area contributed by atoms with Gasteiger partial charge in [-0.2, -0.15) is 9.78 Å². The highest BCUT2D eigenvalue weighted by atomic mass is 16.2. The van der Waals surface area contributed by atoms with E-state index in [-0.39, 0.29) is 12.2 Å². The number of aromatic nitrogens is 3. The van der Waals surface area contributed by atoms with E-state index in [1.54, 1.807) is 11.0 Å². The van der Waals surface area contributed by atoms with Gasteiger partial charge in [0.25, 0.3) is 11.5 Å². The number of benzene rings is 2. The van der Waals surface area contributed by atoms with E-state index < -0.39 is 17.2 Å². The zero-order valence-corrected chi connectivity index (χ0v) is 18.6. The van der Waals surface area contributed by atoms with Crippen molar-refractivity contribution in [2.75, 3.05) is 33.2 Å². The number of nitrogens with zero attached hydrogens (tertiary/aromatic N) is 5. The van der Waals surface area contributed by atoms with Crippen LogP contribution in [0.1, 0.15) is 27.2 Å². The molecule has 4 rings (SSSR count). The van der Waals surface area contributed by atoms with Crippen LogP contribution in [0, 0.1) is 13.8 Å². The van der Waals surface area contributed by atoms with Crippen molar-refractivity contribution in [3.05, 3.63) is 91.8 Å². The minimum atomic E-state index is -0.664. The molecule has 0 unspecified atom stereocenters. The number of amides is 1. The number of carbonyl (C=O) groups excluding carboxylic acids is 1. The second-order valence-corrected chi connectivity index (χ2v) is 8.28. The van der Waals surface area contributed by atoms with Crippen molar-refractivity contribution in [1.82, 2.24) is 24.1 Å². The molecule has 0 bridgehead atoms. The average molecular weight is 434 g/mol. The first-order valence-electron chi connectivity index (χ1n) is 10.7. The summed E-state index contributed by atoms with van der Waals surface area (Å²) < 4.78 is 2.26. The highest BCUT2D eigenvalue weighted by molar-refractivity contribution is 5.92. The van der Waals surface area contributed by atoms with Crippen LogP contribution in [0.25, 0.3) is 5.69 Å². The Morgan fingerprint density at radius 3 is 2.28 bits per heavy atom. The van der Waals surface area contributed by atoms with Gasteiger partial charge in [-0.3, -0.25) is 14.2 Å². The lowest BCUT2D eigenvalue weighted by atomic mass is 10.1. The number of carbonyl (C=O) groups is 1. The smallest absolute Gasteiger partial charge is 0.335 e. The zero-order valence-electron chi connectivity index (χ0n) is 18.6. The summed E-state index contributed by atoms with van der Waals surface area (Å²) >= 11 is 0. The van der Waals surface area contributed by atoms with E-state index in [0.29, 0.717) is 18.8 Å². The molecule has 0 atom stereocenters. The van der Waals surface area contributed by atoms with E-state index in [2.05, 4.69) is 10.00 Å². The summed E-state index contributed by atoms with van der Waals surface area (Å²) in [6, 6.07) is 14.8. The molecule has 8 nitrogen and oxygen atoms in total. The summed E-state index contributed by atoms with van der Waals surface area (Å²) in [4.78, 5) is 43.6. The molecule has 0 N–H and O–H groups in total. The molecule has 0 saturated carbocycles. The molecule has 1 amide bonds. The van der Waals surface area contributed by atoms with Gasteiger partial charge in [-0.15, -0.1) is 0 Å². The number of rotatable bonds is 4. The summed E-state index contributed by atoms with van der Waals surface area (Å²) in [5, 5.41) is 4.28. The summed E-state index contributed by atoms with van der Waals surface area (Å²) in [6.07, 6.45) is 0. The first kappa shape index (κ1) is 21.7. The van der Waals surface area contributed by atoms with Gasteiger partial charge in [-0.25, -0.2) is 4.79 Å². The van der Waals surface area contributed by atoms with Crippen LogP contribution in [-0.2, 0) is 6.54 Å². The largest absolute Gasteiger partial charge is 0.352 e. The Labute approximate surface area is 186 Å². The van der Waals surface area contributed by atoms with Gasteiger partial charge in [0.05, 0.1) is 12.2 Å². The highest BCUT2D eigenvalue weighted by Gasteiger charge is 2.27. The normalized spacial score (nSPS) is 14.5. The average Bonchev–Trinajstić information content (AvgIpc) is 2.79. The van der Waals surface area contributed by atoms with Crippen molar-refractivity contribution in [3.8, 4) is 5.69 Å². The molecule has 2 aromatic carbocycles. The minimum absolute atomic E-state index is 0.0644. The number of aryl methyl sites for hydroxylation is 2. The number of likely N-dealkylation sites (N-methyl/N-ethyl adjacent to an activating group) is 1.